The number of likely N-dealkylation sites (N-methyl/N-ethyl adjacent to an activating group) is 1. The predicted octanol–water partition coefficient (Wildman–Crippen LogP) is 0.595. The average Bonchev–Trinajstić information content (AvgIpc) is 2.13. The van der Waals surface area contributed by atoms with E-state index in [1.165, 1.54) is 11.9 Å². The minimum atomic E-state index is -1.07. The molecule has 0 fully saturated rings. The summed E-state index contributed by atoms with van der Waals surface area (Å²) in [5.41, 5.74) is 0.788. The number of carbonyl (C=O) groups is 3. The molecule has 16 heavy (non-hydrogen) atoms. The van der Waals surface area contributed by atoms with Crippen LogP contribution in [-0.2, 0) is 9.59 Å². The van der Waals surface area contributed by atoms with Gasteiger partial charge >= 0.3 is 12.0 Å². The van der Waals surface area contributed by atoms with E-state index in [1.807, 2.05) is 0 Å². The van der Waals surface area contributed by atoms with Gasteiger partial charge in [-0.05, 0) is 6.92 Å². The summed E-state index contributed by atoms with van der Waals surface area (Å²) in [6.45, 7) is 5.74. The van der Waals surface area contributed by atoms with Gasteiger partial charge in [-0.3, -0.25) is 14.9 Å². The lowest BCUT2D eigenvalue weighted by Crippen LogP contribution is -2.41. The van der Waals surface area contributed by atoms with Gasteiger partial charge in [-0.15, -0.1) is 0 Å². The Bertz CT molecular complexity index is 312. The molecular formula is C10H16N2O4. The van der Waals surface area contributed by atoms with Crippen LogP contribution in [0.5, 0.6) is 0 Å². The van der Waals surface area contributed by atoms with Crippen LogP contribution in [0.1, 0.15) is 19.8 Å². The molecule has 0 bridgehead atoms. The maximum Gasteiger partial charge on any atom is 0.324 e. The van der Waals surface area contributed by atoms with E-state index in [1.54, 1.807) is 6.92 Å². The van der Waals surface area contributed by atoms with Crippen molar-refractivity contribution in [3.8, 4) is 0 Å². The molecule has 0 aromatic carbocycles. The molecule has 0 atom stereocenters. The van der Waals surface area contributed by atoms with Gasteiger partial charge in [-0.1, -0.05) is 12.2 Å². The van der Waals surface area contributed by atoms with E-state index in [0.717, 1.165) is 5.57 Å². The maximum absolute atomic E-state index is 11.3. The third-order valence-electron chi connectivity index (χ3n) is 1.67. The number of aliphatic carboxylic acids is 1. The highest BCUT2D eigenvalue weighted by Crippen LogP contribution is 1.94. The zero-order valence-electron chi connectivity index (χ0n) is 9.45. The summed E-state index contributed by atoms with van der Waals surface area (Å²) < 4.78 is 0. The fraction of sp³-hybridized carbons (Fsp3) is 0.500. The number of urea groups is 1. The van der Waals surface area contributed by atoms with Crippen LogP contribution in [0.3, 0.4) is 0 Å². The number of carboxylic acids is 1. The van der Waals surface area contributed by atoms with Crippen LogP contribution in [0, 0.1) is 0 Å². The minimum Gasteiger partial charge on any atom is -0.481 e. The van der Waals surface area contributed by atoms with E-state index in [9.17, 15) is 14.4 Å². The largest absolute Gasteiger partial charge is 0.481 e. The Morgan fingerprint density at radius 2 is 1.88 bits per heavy atom. The molecule has 0 saturated carbocycles. The van der Waals surface area contributed by atoms with Gasteiger partial charge in [0.25, 0.3) is 0 Å². The molecule has 2 N–H and O–H groups in total. The minimum absolute atomic E-state index is 0.206. The number of imide groups is 1. The zero-order chi connectivity index (χ0) is 12.7. The van der Waals surface area contributed by atoms with Crippen molar-refractivity contribution in [2.45, 2.75) is 19.8 Å². The van der Waals surface area contributed by atoms with E-state index >= 15 is 0 Å². The number of nitrogens with zero attached hydrogens (tertiary/aromatic N) is 1. The molecule has 0 unspecified atom stereocenters. The first kappa shape index (κ1) is 14.2. The average molecular weight is 228 g/mol. The van der Waals surface area contributed by atoms with Crippen LogP contribution >= 0.6 is 0 Å². The van der Waals surface area contributed by atoms with E-state index in [2.05, 4.69) is 11.9 Å². The van der Waals surface area contributed by atoms with Crippen molar-refractivity contribution in [2.24, 2.45) is 0 Å². The fourth-order valence-corrected chi connectivity index (χ4v) is 0.974. The zero-order valence-corrected chi connectivity index (χ0v) is 9.45. The highest BCUT2D eigenvalue weighted by atomic mass is 16.4. The Labute approximate surface area is 93.9 Å². The Kier molecular flexibility index (Phi) is 5.84. The topological polar surface area (TPSA) is 86.7 Å². The lowest BCUT2D eigenvalue weighted by molar-refractivity contribution is -0.138. The van der Waals surface area contributed by atoms with E-state index in [0.29, 0.717) is 6.54 Å². The standard InChI is InChI=1S/C10H16N2O4/c1-7(2)6-12(3)10(16)11-8(13)4-5-9(14)15/h1,4-6H2,2-3H3,(H,14,15)(H,11,13,16). The molecule has 0 heterocycles. The van der Waals surface area contributed by atoms with Gasteiger partial charge in [0.15, 0.2) is 0 Å². The molecule has 0 saturated heterocycles. The molecule has 0 aliphatic carbocycles. The first-order valence-corrected chi connectivity index (χ1v) is 4.74. The number of carbonyl (C=O) groups excluding carboxylic acids is 2. The molecule has 3 amide bonds. The Balaban J connectivity index is 3.99. The van der Waals surface area contributed by atoms with Crippen LogP contribution in [0.2, 0.25) is 0 Å². The third kappa shape index (κ3) is 6.58. The summed E-state index contributed by atoms with van der Waals surface area (Å²) in [4.78, 5) is 33.9. The predicted molar refractivity (Wildman–Crippen MR) is 57.9 cm³/mol. The number of hydrogen-bond acceptors (Lipinski definition) is 3. The van der Waals surface area contributed by atoms with E-state index in [4.69, 9.17) is 5.11 Å². The van der Waals surface area contributed by atoms with Gasteiger partial charge in [-0.2, -0.15) is 0 Å². The quantitative estimate of drug-likeness (QED) is 0.674. The smallest absolute Gasteiger partial charge is 0.324 e. The van der Waals surface area contributed by atoms with Gasteiger partial charge in [0, 0.05) is 20.0 Å². The molecule has 0 aromatic rings. The summed E-state index contributed by atoms with van der Waals surface area (Å²) in [6.07, 6.45) is -0.495. The lowest BCUT2D eigenvalue weighted by Gasteiger charge is -2.16. The van der Waals surface area contributed by atoms with Crippen molar-refractivity contribution in [3.63, 3.8) is 0 Å². The molecule has 6 nitrogen and oxygen atoms in total. The van der Waals surface area contributed by atoms with Crippen LogP contribution in [0.15, 0.2) is 12.2 Å². The van der Waals surface area contributed by atoms with Crippen molar-refractivity contribution in [2.75, 3.05) is 13.6 Å². The molecule has 0 radical (unpaired) electrons. The summed E-state index contributed by atoms with van der Waals surface area (Å²) in [6, 6.07) is -0.557. The summed E-state index contributed by atoms with van der Waals surface area (Å²) in [5, 5.41) is 10.4. The number of carboxylic acid groups (broad SMARTS) is 1. The van der Waals surface area contributed by atoms with Crippen molar-refractivity contribution in [3.05, 3.63) is 12.2 Å². The summed E-state index contributed by atoms with van der Waals surface area (Å²) in [5.74, 6) is -1.67. The molecule has 90 valence electrons. The summed E-state index contributed by atoms with van der Waals surface area (Å²) in [7, 11) is 1.52. The second-order valence-electron chi connectivity index (χ2n) is 3.56. The molecule has 0 rings (SSSR count). The second-order valence-corrected chi connectivity index (χ2v) is 3.56. The Morgan fingerprint density at radius 3 is 2.31 bits per heavy atom. The first-order chi connectivity index (χ1) is 7.32. The maximum atomic E-state index is 11.3. The molecule has 0 aliphatic heterocycles. The third-order valence-corrected chi connectivity index (χ3v) is 1.67. The first-order valence-electron chi connectivity index (χ1n) is 4.74. The summed E-state index contributed by atoms with van der Waals surface area (Å²) >= 11 is 0. The van der Waals surface area contributed by atoms with Crippen LogP contribution < -0.4 is 5.32 Å². The fourth-order valence-electron chi connectivity index (χ4n) is 0.974. The van der Waals surface area contributed by atoms with E-state index in [-0.39, 0.29) is 12.8 Å². The van der Waals surface area contributed by atoms with E-state index < -0.39 is 17.9 Å². The Morgan fingerprint density at radius 1 is 1.31 bits per heavy atom. The molecular weight excluding hydrogens is 212 g/mol. The van der Waals surface area contributed by atoms with Gasteiger partial charge in [0.05, 0.1) is 6.42 Å². The number of amides is 3. The number of rotatable bonds is 5. The van der Waals surface area contributed by atoms with Crippen molar-refractivity contribution >= 4 is 17.9 Å². The SMILES string of the molecule is C=C(C)CN(C)C(=O)NC(=O)CCC(=O)O. The van der Waals surface area contributed by atoms with Gasteiger partial charge in [0.1, 0.15) is 0 Å². The van der Waals surface area contributed by atoms with Crippen LogP contribution in [0.25, 0.3) is 0 Å². The highest BCUT2D eigenvalue weighted by Gasteiger charge is 2.13. The molecule has 6 heteroatoms. The van der Waals surface area contributed by atoms with Crippen molar-refractivity contribution in [1.82, 2.24) is 10.2 Å². The van der Waals surface area contributed by atoms with Crippen LogP contribution in [-0.4, -0.2) is 41.5 Å². The second kappa shape index (κ2) is 6.60. The molecule has 0 aromatic heterocycles. The van der Waals surface area contributed by atoms with Gasteiger partial charge in [-0.25, -0.2) is 4.79 Å². The van der Waals surface area contributed by atoms with Gasteiger partial charge in [0.2, 0.25) is 5.91 Å². The lowest BCUT2D eigenvalue weighted by atomic mass is 10.3. The monoisotopic (exact) mass is 228 g/mol. The molecule has 0 aliphatic rings. The molecule has 0 spiro atoms. The van der Waals surface area contributed by atoms with Crippen molar-refractivity contribution in [1.29, 1.82) is 0 Å². The Hall–Kier alpha value is -1.85. The normalized spacial score (nSPS) is 9.38. The van der Waals surface area contributed by atoms with Gasteiger partial charge < -0.3 is 10.0 Å². The number of hydrogen-bond donors (Lipinski definition) is 2. The van der Waals surface area contributed by atoms with Crippen molar-refractivity contribution < 1.29 is 19.5 Å². The van der Waals surface area contributed by atoms with Crippen LogP contribution in [0.4, 0.5) is 4.79 Å². The number of nitrogens with one attached hydrogen (secondary N) is 1. The highest BCUT2D eigenvalue weighted by molar-refractivity contribution is 5.95.